The van der Waals surface area contributed by atoms with Crippen molar-refractivity contribution in [2.75, 3.05) is 44.3 Å². The lowest BCUT2D eigenvalue weighted by Crippen LogP contribution is -2.29. The molecule has 0 aliphatic carbocycles. The molecular weight excluding hydrogens is 380 g/mol. The third-order valence-electron chi connectivity index (χ3n) is 6.73. The predicted octanol–water partition coefficient (Wildman–Crippen LogP) is 2.62. The minimum absolute atomic E-state index is 0.0399. The molecule has 0 spiro atoms. The van der Waals surface area contributed by atoms with Gasteiger partial charge in [-0.1, -0.05) is 25.9 Å². The summed E-state index contributed by atoms with van der Waals surface area (Å²) in [5.74, 6) is 4.36. The number of likely N-dealkylation sites (tertiary alicyclic amines) is 1. The molecule has 5 heterocycles. The Morgan fingerprint density at radius 3 is 2.47 bits per heavy atom. The van der Waals surface area contributed by atoms with E-state index in [0.29, 0.717) is 17.8 Å². The number of ether oxygens (including phenoxy) is 1. The highest BCUT2D eigenvalue weighted by Gasteiger charge is 2.41. The standard InChI is InChI=1S/C22H32N6O2/c1-22(2,3)18-8-20(24-14-23-18)28-11-16-9-27(10-17(16)12-28)13-19-25-21(30-26-19)15-4-6-29-7-5-15/h8,14-17H,4-7,9-13H2,1-3H3. The van der Waals surface area contributed by atoms with Crippen molar-refractivity contribution in [3.8, 4) is 0 Å². The van der Waals surface area contributed by atoms with Gasteiger partial charge in [-0.05, 0) is 24.7 Å². The lowest BCUT2D eigenvalue weighted by atomic mass is 9.92. The van der Waals surface area contributed by atoms with Gasteiger partial charge in [0.2, 0.25) is 5.89 Å². The van der Waals surface area contributed by atoms with Crippen LogP contribution in [0.5, 0.6) is 0 Å². The van der Waals surface area contributed by atoms with Gasteiger partial charge in [-0.15, -0.1) is 0 Å². The summed E-state index contributed by atoms with van der Waals surface area (Å²) in [4.78, 5) is 18.6. The van der Waals surface area contributed by atoms with E-state index in [4.69, 9.17) is 9.26 Å². The van der Waals surface area contributed by atoms with E-state index in [1.54, 1.807) is 6.33 Å². The maximum absolute atomic E-state index is 5.56. The topological polar surface area (TPSA) is 80.4 Å². The Kier molecular flexibility index (Phi) is 5.23. The molecule has 162 valence electrons. The maximum atomic E-state index is 5.56. The van der Waals surface area contributed by atoms with Gasteiger partial charge in [-0.3, -0.25) is 4.90 Å². The summed E-state index contributed by atoms with van der Waals surface area (Å²) >= 11 is 0. The Morgan fingerprint density at radius 1 is 1.03 bits per heavy atom. The van der Waals surface area contributed by atoms with Crippen molar-refractivity contribution in [1.29, 1.82) is 0 Å². The van der Waals surface area contributed by atoms with Crippen LogP contribution in [0.25, 0.3) is 0 Å². The molecule has 0 amide bonds. The van der Waals surface area contributed by atoms with Crippen LogP contribution in [-0.2, 0) is 16.7 Å². The van der Waals surface area contributed by atoms with E-state index in [0.717, 1.165) is 82.0 Å². The van der Waals surface area contributed by atoms with Crippen molar-refractivity contribution in [1.82, 2.24) is 25.0 Å². The fourth-order valence-electron chi connectivity index (χ4n) is 4.98. The Balaban J connectivity index is 1.17. The molecule has 3 fully saturated rings. The summed E-state index contributed by atoms with van der Waals surface area (Å²) in [6.07, 6.45) is 3.67. The van der Waals surface area contributed by atoms with E-state index >= 15 is 0 Å². The van der Waals surface area contributed by atoms with Crippen molar-refractivity contribution < 1.29 is 9.26 Å². The molecular formula is C22H32N6O2. The van der Waals surface area contributed by atoms with Gasteiger partial charge in [-0.25, -0.2) is 9.97 Å². The maximum Gasteiger partial charge on any atom is 0.229 e. The number of hydrogen-bond acceptors (Lipinski definition) is 8. The zero-order valence-electron chi connectivity index (χ0n) is 18.3. The van der Waals surface area contributed by atoms with Crippen LogP contribution < -0.4 is 4.90 Å². The fraction of sp³-hybridized carbons (Fsp3) is 0.727. The van der Waals surface area contributed by atoms with E-state index in [2.05, 4.69) is 56.7 Å². The Labute approximate surface area is 178 Å². The number of aromatic nitrogens is 4. The molecule has 0 N–H and O–H groups in total. The van der Waals surface area contributed by atoms with Gasteiger partial charge < -0.3 is 14.2 Å². The number of anilines is 1. The van der Waals surface area contributed by atoms with Crippen molar-refractivity contribution >= 4 is 5.82 Å². The Hall–Kier alpha value is -2.06. The van der Waals surface area contributed by atoms with Crippen LogP contribution in [-0.4, -0.2) is 64.4 Å². The lowest BCUT2D eigenvalue weighted by molar-refractivity contribution is 0.0778. The minimum atomic E-state index is 0.0399. The van der Waals surface area contributed by atoms with Crippen molar-refractivity contribution in [3.63, 3.8) is 0 Å². The van der Waals surface area contributed by atoms with E-state index in [-0.39, 0.29) is 5.41 Å². The van der Waals surface area contributed by atoms with Gasteiger partial charge in [0.15, 0.2) is 5.82 Å². The number of nitrogens with zero attached hydrogens (tertiary/aromatic N) is 6. The monoisotopic (exact) mass is 412 g/mol. The van der Waals surface area contributed by atoms with Crippen LogP contribution in [0.15, 0.2) is 16.9 Å². The summed E-state index contributed by atoms with van der Waals surface area (Å²) < 4.78 is 11.0. The third kappa shape index (κ3) is 4.07. The highest BCUT2D eigenvalue weighted by atomic mass is 16.5. The first-order chi connectivity index (χ1) is 14.5. The van der Waals surface area contributed by atoms with Gasteiger partial charge >= 0.3 is 0 Å². The average Bonchev–Trinajstić information content (AvgIpc) is 3.43. The Morgan fingerprint density at radius 2 is 1.77 bits per heavy atom. The van der Waals surface area contributed by atoms with Crippen molar-refractivity contribution in [2.24, 2.45) is 11.8 Å². The van der Waals surface area contributed by atoms with Crippen molar-refractivity contribution in [2.45, 2.75) is 51.5 Å². The first kappa shape index (κ1) is 19.9. The molecule has 3 aliphatic rings. The summed E-state index contributed by atoms with van der Waals surface area (Å²) in [7, 11) is 0. The first-order valence-electron chi connectivity index (χ1n) is 11.2. The summed E-state index contributed by atoms with van der Waals surface area (Å²) in [6.45, 7) is 13.2. The van der Waals surface area contributed by atoms with Crippen LogP contribution in [0.1, 0.15) is 56.9 Å². The van der Waals surface area contributed by atoms with Gasteiger partial charge in [0, 0.05) is 56.8 Å². The Bertz CT molecular complexity index is 859. The first-order valence-corrected chi connectivity index (χ1v) is 11.2. The highest BCUT2D eigenvalue weighted by Crippen LogP contribution is 2.35. The molecule has 0 radical (unpaired) electrons. The van der Waals surface area contributed by atoms with E-state index in [1.807, 2.05) is 0 Å². The SMILES string of the molecule is CC(C)(C)c1cc(N2CC3CN(Cc4noc(C5CCOCC5)n4)CC3C2)ncn1. The number of fused-ring (bicyclic) bond motifs is 1. The number of rotatable bonds is 4. The van der Waals surface area contributed by atoms with E-state index in [1.165, 1.54) is 0 Å². The predicted molar refractivity (Wildman–Crippen MR) is 112 cm³/mol. The van der Waals surface area contributed by atoms with Gasteiger partial charge in [0.25, 0.3) is 0 Å². The molecule has 2 aromatic heterocycles. The summed E-state index contributed by atoms with van der Waals surface area (Å²) in [5.41, 5.74) is 1.14. The largest absolute Gasteiger partial charge is 0.381 e. The molecule has 3 aliphatic heterocycles. The molecule has 8 heteroatoms. The molecule has 2 aromatic rings. The highest BCUT2D eigenvalue weighted by molar-refractivity contribution is 5.42. The van der Waals surface area contributed by atoms with Gasteiger partial charge in [0.1, 0.15) is 12.1 Å². The molecule has 3 saturated heterocycles. The zero-order chi connectivity index (χ0) is 20.7. The molecule has 8 nitrogen and oxygen atoms in total. The van der Waals surface area contributed by atoms with Gasteiger partial charge in [0.05, 0.1) is 12.2 Å². The number of hydrogen-bond donors (Lipinski definition) is 0. The molecule has 0 saturated carbocycles. The van der Waals surface area contributed by atoms with Gasteiger partial charge in [-0.2, -0.15) is 4.98 Å². The minimum Gasteiger partial charge on any atom is -0.381 e. The summed E-state index contributed by atoms with van der Waals surface area (Å²) in [6, 6.07) is 2.16. The second-order valence-corrected chi connectivity index (χ2v) is 10.1. The quantitative estimate of drug-likeness (QED) is 0.758. The third-order valence-corrected chi connectivity index (χ3v) is 6.73. The second kappa shape index (κ2) is 7.89. The molecule has 0 bridgehead atoms. The van der Waals surface area contributed by atoms with Crippen LogP contribution in [0, 0.1) is 11.8 Å². The fourth-order valence-corrected chi connectivity index (χ4v) is 4.98. The molecule has 2 unspecified atom stereocenters. The summed E-state index contributed by atoms with van der Waals surface area (Å²) in [5, 5.41) is 4.25. The van der Waals surface area contributed by atoms with Crippen LogP contribution in [0.4, 0.5) is 5.82 Å². The second-order valence-electron chi connectivity index (χ2n) is 10.1. The van der Waals surface area contributed by atoms with Crippen LogP contribution in [0.2, 0.25) is 0 Å². The van der Waals surface area contributed by atoms with E-state index < -0.39 is 0 Å². The van der Waals surface area contributed by atoms with Crippen LogP contribution >= 0.6 is 0 Å². The van der Waals surface area contributed by atoms with Crippen molar-refractivity contribution in [3.05, 3.63) is 29.8 Å². The zero-order valence-corrected chi connectivity index (χ0v) is 18.3. The molecule has 5 rings (SSSR count). The smallest absolute Gasteiger partial charge is 0.229 e. The lowest BCUT2D eigenvalue weighted by Gasteiger charge is -2.23. The van der Waals surface area contributed by atoms with Crippen LogP contribution in [0.3, 0.4) is 0 Å². The molecule has 0 aromatic carbocycles. The normalized spacial score (nSPS) is 25.8. The van der Waals surface area contributed by atoms with E-state index in [9.17, 15) is 0 Å². The average molecular weight is 413 g/mol. The molecule has 30 heavy (non-hydrogen) atoms. The molecule has 2 atom stereocenters.